The van der Waals surface area contributed by atoms with E-state index in [0.717, 1.165) is 6.42 Å². The van der Waals surface area contributed by atoms with E-state index in [4.69, 9.17) is 0 Å². The van der Waals surface area contributed by atoms with E-state index in [1.54, 1.807) is 0 Å². The van der Waals surface area contributed by atoms with Gasteiger partial charge in [0.2, 0.25) is 5.91 Å². The molecule has 0 heterocycles. The van der Waals surface area contributed by atoms with Crippen LogP contribution in [0.2, 0.25) is 0 Å². The van der Waals surface area contributed by atoms with Crippen LogP contribution < -0.4 is 5.32 Å². The molecule has 0 spiro atoms. The summed E-state index contributed by atoms with van der Waals surface area (Å²) in [6.07, 6.45) is 1.84. The average Bonchev–Trinajstić information content (AvgIpc) is 2.28. The van der Waals surface area contributed by atoms with Gasteiger partial charge < -0.3 is 10.4 Å². The predicted octanol–water partition coefficient (Wildman–Crippen LogP) is 2.43. The minimum atomic E-state index is -0.644. The van der Waals surface area contributed by atoms with Gasteiger partial charge in [-0.25, -0.2) is 0 Å². The van der Waals surface area contributed by atoms with Gasteiger partial charge in [0.25, 0.3) is 5.69 Å². The maximum atomic E-state index is 11.5. The molecule has 0 aliphatic carbocycles. The molecule has 0 atom stereocenters. The molecule has 6 heteroatoms. The third-order valence-corrected chi connectivity index (χ3v) is 2.24. The van der Waals surface area contributed by atoms with Gasteiger partial charge >= 0.3 is 0 Å². The first-order valence-electron chi connectivity index (χ1n) is 5.32. The van der Waals surface area contributed by atoms with Crippen molar-refractivity contribution in [3.05, 3.63) is 28.3 Å². The number of aromatic hydroxyl groups is 1. The molecule has 17 heavy (non-hydrogen) atoms. The van der Waals surface area contributed by atoms with E-state index in [-0.39, 0.29) is 29.5 Å². The second kappa shape index (κ2) is 5.83. The Morgan fingerprint density at radius 2 is 2.24 bits per heavy atom. The highest BCUT2D eigenvalue weighted by atomic mass is 16.6. The lowest BCUT2D eigenvalue weighted by atomic mass is 10.2. The zero-order valence-corrected chi connectivity index (χ0v) is 9.47. The van der Waals surface area contributed by atoms with Crippen LogP contribution in [-0.2, 0) is 4.79 Å². The molecule has 0 saturated carbocycles. The molecule has 1 amide bonds. The number of nitro groups is 1. The largest absolute Gasteiger partial charge is 0.505 e. The van der Waals surface area contributed by atoms with Crippen molar-refractivity contribution < 1.29 is 14.8 Å². The minimum absolute atomic E-state index is 0.140. The molecule has 6 nitrogen and oxygen atoms in total. The smallest absolute Gasteiger partial charge is 0.296 e. The van der Waals surface area contributed by atoms with Crippen molar-refractivity contribution in [1.82, 2.24) is 0 Å². The maximum absolute atomic E-state index is 11.5. The third-order valence-electron chi connectivity index (χ3n) is 2.24. The number of para-hydroxylation sites is 1. The lowest BCUT2D eigenvalue weighted by Crippen LogP contribution is -2.12. The van der Waals surface area contributed by atoms with Crippen molar-refractivity contribution in [3.63, 3.8) is 0 Å². The Bertz CT molecular complexity index is 431. The van der Waals surface area contributed by atoms with Gasteiger partial charge in [-0.05, 0) is 12.5 Å². The first kappa shape index (κ1) is 13.0. The molecule has 2 N–H and O–H groups in total. The number of nitrogens with one attached hydrogen (secondary N) is 1. The summed E-state index contributed by atoms with van der Waals surface area (Å²) in [6, 6.07) is 3.88. The fourth-order valence-electron chi connectivity index (χ4n) is 1.35. The summed E-state index contributed by atoms with van der Waals surface area (Å²) in [6.45, 7) is 1.94. The molecule has 0 fully saturated rings. The van der Waals surface area contributed by atoms with Gasteiger partial charge in [0.15, 0.2) is 5.69 Å². The van der Waals surface area contributed by atoms with Crippen molar-refractivity contribution in [2.45, 2.75) is 26.2 Å². The van der Waals surface area contributed by atoms with Crippen LogP contribution in [-0.4, -0.2) is 15.9 Å². The quantitative estimate of drug-likeness (QED) is 0.468. The number of nitrogens with zero attached hydrogens (tertiary/aromatic N) is 1. The van der Waals surface area contributed by atoms with Gasteiger partial charge in [-0.1, -0.05) is 19.4 Å². The molecule has 0 unspecified atom stereocenters. The first-order valence-corrected chi connectivity index (χ1v) is 5.32. The number of rotatable bonds is 5. The molecule has 0 radical (unpaired) electrons. The Morgan fingerprint density at radius 3 is 2.82 bits per heavy atom. The first-order chi connectivity index (χ1) is 8.06. The van der Waals surface area contributed by atoms with E-state index in [1.807, 2.05) is 6.92 Å². The molecule has 0 aromatic heterocycles. The molecule has 0 saturated heterocycles. The Morgan fingerprint density at radius 1 is 1.53 bits per heavy atom. The fraction of sp³-hybridized carbons (Fsp3) is 0.364. The van der Waals surface area contributed by atoms with E-state index in [1.165, 1.54) is 18.2 Å². The number of carbonyl (C=O) groups is 1. The molecule has 1 aromatic carbocycles. The van der Waals surface area contributed by atoms with Crippen LogP contribution in [0.5, 0.6) is 5.75 Å². The van der Waals surface area contributed by atoms with Gasteiger partial charge in [-0.3, -0.25) is 14.9 Å². The van der Waals surface area contributed by atoms with Crippen molar-refractivity contribution in [2.75, 3.05) is 5.32 Å². The van der Waals surface area contributed by atoms with Crippen molar-refractivity contribution >= 4 is 17.3 Å². The number of phenols is 1. The van der Waals surface area contributed by atoms with E-state index in [9.17, 15) is 20.0 Å². The zero-order chi connectivity index (χ0) is 12.8. The summed E-state index contributed by atoms with van der Waals surface area (Å²) >= 11 is 0. The lowest BCUT2D eigenvalue weighted by Gasteiger charge is -2.07. The van der Waals surface area contributed by atoms with Crippen LogP contribution in [0.25, 0.3) is 0 Å². The maximum Gasteiger partial charge on any atom is 0.296 e. The molecule has 0 aliphatic heterocycles. The van der Waals surface area contributed by atoms with Crippen LogP contribution in [0.3, 0.4) is 0 Å². The highest BCUT2D eigenvalue weighted by Gasteiger charge is 2.18. The lowest BCUT2D eigenvalue weighted by molar-refractivity contribution is -0.384. The second-order valence-electron chi connectivity index (χ2n) is 3.58. The predicted molar refractivity (Wildman–Crippen MR) is 62.9 cm³/mol. The van der Waals surface area contributed by atoms with Gasteiger partial charge in [0.05, 0.1) is 4.92 Å². The average molecular weight is 238 g/mol. The molecule has 0 bridgehead atoms. The number of phenolic OH excluding ortho intramolecular Hbond substituents is 1. The SMILES string of the molecule is CCCCC(=O)Nc1c(O)cccc1[N+](=O)[O-]. The fourth-order valence-corrected chi connectivity index (χ4v) is 1.35. The Kier molecular flexibility index (Phi) is 4.45. The topological polar surface area (TPSA) is 92.5 Å². The summed E-state index contributed by atoms with van der Waals surface area (Å²) in [5.74, 6) is -0.638. The Balaban J connectivity index is 2.89. The molecular formula is C11H14N2O4. The number of hydrogen-bond acceptors (Lipinski definition) is 4. The van der Waals surface area contributed by atoms with Crippen LogP contribution in [0.1, 0.15) is 26.2 Å². The monoisotopic (exact) mass is 238 g/mol. The summed E-state index contributed by atoms with van der Waals surface area (Å²) in [5.41, 5.74) is -0.451. The summed E-state index contributed by atoms with van der Waals surface area (Å²) in [4.78, 5) is 21.5. The van der Waals surface area contributed by atoms with E-state index in [2.05, 4.69) is 5.32 Å². The van der Waals surface area contributed by atoms with Crippen LogP contribution in [0.15, 0.2) is 18.2 Å². The number of unbranched alkanes of at least 4 members (excludes halogenated alkanes) is 1. The zero-order valence-electron chi connectivity index (χ0n) is 9.47. The van der Waals surface area contributed by atoms with Crippen LogP contribution >= 0.6 is 0 Å². The molecular weight excluding hydrogens is 224 g/mol. The second-order valence-corrected chi connectivity index (χ2v) is 3.58. The third kappa shape index (κ3) is 3.44. The highest BCUT2D eigenvalue weighted by Crippen LogP contribution is 2.33. The van der Waals surface area contributed by atoms with Gasteiger partial charge in [0.1, 0.15) is 5.75 Å². The number of benzene rings is 1. The number of amides is 1. The van der Waals surface area contributed by atoms with Gasteiger partial charge in [0, 0.05) is 12.5 Å². The van der Waals surface area contributed by atoms with E-state index in [0.29, 0.717) is 6.42 Å². The van der Waals surface area contributed by atoms with E-state index < -0.39 is 4.92 Å². The van der Waals surface area contributed by atoms with Crippen molar-refractivity contribution in [1.29, 1.82) is 0 Å². The minimum Gasteiger partial charge on any atom is -0.505 e. The standard InChI is InChI=1S/C11H14N2O4/c1-2-3-7-10(15)12-11-8(13(16)17)5-4-6-9(11)14/h4-6,14H,2-3,7H2,1H3,(H,12,15). The van der Waals surface area contributed by atoms with Gasteiger partial charge in [-0.15, -0.1) is 0 Å². The van der Waals surface area contributed by atoms with E-state index >= 15 is 0 Å². The number of anilines is 1. The van der Waals surface area contributed by atoms with Crippen molar-refractivity contribution in [2.24, 2.45) is 0 Å². The van der Waals surface area contributed by atoms with Gasteiger partial charge in [-0.2, -0.15) is 0 Å². The van der Waals surface area contributed by atoms with Crippen LogP contribution in [0, 0.1) is 10.1 Å². The van der Waals surface area contributed by atoms with Crippen LogP contribution in [0.4, 0.5) is 11.4 Å². The number of carbonyl (C=O) groups excluding carboxylic acids is 1. The molecule has 92 valence electrons. The number of nitro benzene ring substituents is 1. The molecule has 1 rings (SSSR count). The Hall–Kier alpha value is -2.11. The summed E-state index contributed by atoms with van der Waals surface area (Å²) in [5, 5.41) is 22.6. The van der Waals surface area contributed by atoms with Crippen molar-refractivity contribution in [3.8, 4) is 5.75 Å². The number of hydrogen-bond donors (Lipinski definition) is 2. The highest BCUT2D eigenvalue weighted by molar-refractivity contribution is 5.94. The Labute approximate surface area is 98.4 Å². The normalized spacial score (nSPS) is 9.94. The molecule has 1 aromatic rings. The summed E-state index contributed by atoms with van der Waals surface area (Å²) in [7, 11) is 0. The summed E-state index contributed by atoms with van der Waals surface area (Å²) < 4.78 is 0. The molecule has 0 aliphatic rings.